The lowest BCUT2D eigenvalue weighted by Crippen LogP contribution is -2.43. The first-order chi connectivity index (χ1) is 9.88. The molecule has 0 N–H and O–H groups in total. The van der Waals surface area contributed by atoms with E-state index >= 15 is 0 Å². The van der Waals surface area contributed by atoms with E-state index in [-0.39, 0.29) is 0 Å². The number of hydrogen-bond acceptors (Lipinski definition) is 4. The zero-order chi connectivity index (χ0) is 12.8. The second-order valence-electron chi connectivity index (χ2n) is 6.40. The first kappa shape index (κ1) is 10.2. The lowest BCUT2D eigenvalue weighted by atomic mass is 9.76. The van der Waals surface area contributed by atoms with E-state index in [0.717, 1.165) is 18.0 Å². The van der Waals surface area contributed by atoms with Gasteiger partial charge in [-0.05, 0) is 29.7 Å². The summed E-state index contributed by atoms with van der Waals surface area (Å²) >= 11 is 0. The maximum Gasteiger partial charge on any atom is 0.231 e. The minimum Gasteiger partial charge on any atom is -0.454 e. The molecule has 2 saturated heterocycles. The Hall–Kier alpha value is -1.52. The van der Waals surface area contributed by atoms with Crippen molar-refractivity contribution in [2.75, 3.05) is 13.3 Å². The Labute approximate surface area is 116 Å². The van der Waals surface area contributed by atoms with E-state index in [9.17, 15) is 0 Å². The number of epoxide rings is 1. The molecule has 1 aliphatic carbocycles. The van der Waals surface area contributed by atoms with Gasteiger partial charge in [0.2, 0.25) is 6.79 Å². The molecule has 0 radical (unpaired) electrons. The van der Waals surface area contributed by atoms with Gasteiger partial charge in [-0.1, -0.05) is 11.6 Å². The molecule has 0 unspecified atom stereocenters. The fourth-order valence-corrected chi connectivity index (χ4v) is 4.57. The van der Waals surface area contributed by atoms with Gasteiger partial charge in [-0.15, -0.1) is 0 Å². The van der Waals surface area contributed by atoms with Gasteiger partial charge in [0.1, 0.15) is 6.10 Å². The standard InChI is InChI=1S/C16H15NO3/c1-2-17-6-9-4-11-12(19-7-18-11)5-10(9)14-15(17)8(1)3-13-16(14)20-13/h3-5,13-16H,1-2,6-7H2/t13-,14+,15-,16-/m1/s1. The highest BCUT2D eigenvalue weighted by Gasteiger charge is 2.56. The number of nitrogens with zero attached hydrogens (tertiary/aromatic N) is 1. The van der Waals surface area contributed by atoms with Gasteiger partial charge in [-0.2, -0.15) is 0 Å². The fraction of sp³-hybridized carbons (Fsp3) is 0.500. The summed E-state index contributed by atoms with van der Waals surface area (Å²) < 4.78 is 17.0. The van der Waals surface area contributed by atoms with Crippen LogP contribution < -0.4 is 9.47 Å². The first-order valence-electron chi connectivity index (χ1n) is 7.41. The second kappa shape index (κ2) is 3.21. The van der Waals surface area contributed by atoms with E-state index in [1.54, 1.807) is 5.57 Å². The minimum atomic E-state index is 0.351. The minimum absolute atomic E-state index is 0.351. The fourth-order valence-electron chi connectivity index (χ4n) is 4.57. The molecule has 20 heavy (non-hydrogen) atoms. The molecule has 4 heterocycles. The third kappa shape index (κ3) is 1.12. The van der Waals surface area contributed by atoms with Crippen molar-refractivity contribution in [3.8, 4) is 11.5 Å². The molecule has 1 aromatic carbocycles. The van der Waals surface area contributed by atoms with Crippen molar-refractivity contribution < 1.29 is 14.2 Å². The maximum absolute atomic E-state index is 5.90. The molecule has 0 spiro atoms. The average Bonchev–Trinajstić information content (AvgIpc) is 2.90. The van der Waals surface area contributed by atoms with Crippen LogP contribution in [-0.2, 0) is 11.3 Å². The van der Waals surface area contributed by atoms with E-state index in [4.69, 9.17) is 14.2 Å². The molecule has 0 amide bonds. The summed E-state index contributed by atoms with van der Waals surface area (Å²) in [6.07, 6.45) is 4.32. The van der Waals surface area contributed by atoms with Crippen LogP contribution in [0.25, 0.3) is 0 Å². The van der Waals surface area contributed by atoms with Crippen molar-refractivity contribution in [1.82, 2.24) is 4.90 Å². The van der Waals surface area contributed by atoms with E-state index in [1.165, 1.54) is 24.1 Å². The molecule has 0 saturated carbocycles. The summed E-state index contributed by atoms with van der Waals surface area (Å²) in [6, 6.07) is 4.95. The Kier molecular flexibility index (Phi) is 1.64. The van der Waals surface area contributed by atoms with Crippen molar-refractivity contribution in [2.24, 2.45) is 0 Å². The molecule has 0 aromatic heterocycles. The molecule has 1 aromatic rings. The number of ether oxygens (including phenoxy) is 3. The van der Waals surface area contributed by atoms with Gasteiger partial charge >= 0.3 is 0 Å². The van der Waals surface area contributed by atoms with Crippen LogP contribution in [0.15, 0.2) is 23.8 Å². The summed E-state index contributed by atoms with van der Waals surface area (Å²) in [5, 5.41) is 0. The quantitative estimate of drug-likeness (QED) is 0.531. The summed E-state index contributed by atoms with van der Waals surface area (Å²) in [5.41, 5.74) is 4.42. The van der Waals surface area contributed by atoms with Crippen LogP contribution in [-0.4, -0.2) is 36.5 Å². The van der Waals surface area contributed by atoms with Crippen LogP contribution in [0.5, 0.6) is 11.5 Å². The molecule has 5 aliphatic rings. The molecule has 4 aliphatic heterocycles. The lowest BCUT2D eigenvalue weighted by molar-refractivity contribution is 0.174. The number of benzene rings is 1. The van der Waals surface area contributed by atoms with Crippen LogP contribution in [0.1, 0.15) is 23.5 Å². The molecule has 2 fully saturated rings. The van der Waals surface area contributed by atoms with Gasteiger partial charge in [-0.3, -0.25) is 4.90 Å². The van der Waals surface area contributed by atoms with Crippen LogP contribution in [0.4, 0.5) is 0 Å². The highest BCUT2D eigenvalue weighted by atomic mass is 16.7. The molecule has 102 valence electrons. The smallest absolute Gasteiger partial charge is 0.231 e. The van der Waals surface area contributed by atoms with E-state index < -0.39 is 0 Å². The van der Waals surface area contributed by atoms with Gasteiger partial charge in [0.05, 0.1) is 6.10 Å². The summed E-state index contributed by atoms with van der Waals surface area (Å²) in [6.45, 7) is 2.56. The predicted octanol–water partition coefficient (Wildman–Crippen LogP) is 1.79. The average molecular weight is 269 g/mol. The van der Waals surface area contributed by atoms with Gasteiger partial charge in [0.15, 0.2) is 11.5 Å². The molecular formula is C16H15NO3. The number of hydrogen-bond donors (Lipinski definition) is 0. The van der Waals surface area contributed by atoms with Crippen LogP contribution >= 0.6 is 0 Å². The summed E-state index contributed by atoms with van der Waals surface area (Å²) in [5.74, 6) is 2.30. The molecule has 4 heteroatoms. The largest absolute Gasteiger partial charge is 0.454 e. The van der Waals surface area contributed by atoms with E-state index in [0.29, 0.717) is 31.0 Å². The monoisotopic (exact) mass is 269 g/mol. The number of fused-ring (bicyclic) bond motifs is 5. The Morgan fingerprint density at radius 1 is 1.15 bits per heavy atom. The molecular weight excluding hydrogens is 254 g/mol. The third-order valence-electron chi connectivity index (χ3n) is 5.46. The first-order valence-corrected chi connectivity index (χ1v) is 7.41. The third-order valence-corrected chi connectivity index (χ3v) is 5.46. The number of rotatable bonds is 0. The van der Waals surface area contributed by atoms with Crippen LogP contribution in [0, 0.1) is 0 Å². The van der Waals surface area contributed by atoms with Gasteiger partial charge in [0.25, 0.3) is 0 Å². The van der Waals surface area contributed by atoms with Crippen molar-refractivity contribution in [3.63, 3.8) is 0 Å². The maximum atomic E-state index is 5.90. The zero-order valence-electron chi connectivity index (χ0n) is 11.0. The van der Waals surface area contributed by atoms with Crippen LogP contribution in [0.2, 0.25) is 0 Å². The van der Waals surface area contributed by atoms with Crippen molar-refractivity contribution in [2.45, 2.75) is 37.1 Å². The Morgan fingerprint density at radius 3 is 3.00 bits per heavy atom. The topological polar surface area (TPSA) is 34.2 Å². The Balaban J connectivity index is 1.57. The SMILES string of the molecule is C1=C2CCN3Cc4cc5c(cc4[C@H]([C@@H]4O[C@H]14)[C@@H]23)OCO5. The van der Waals surface area contributed by atoms with Crippen molar-refractivity contribution in [1.29, 1.82) is 0 Å². The second-order valence-corrected chi connectivity index (χ2v) is 6.40. The Bertz CT molecular complexity index is 668. The molecule has 6 rings (SSSR count). The molecule has 4 nitrogen and oxygen atoms in total. The zero-order valence-corrected chi connectivity index (χ0v) is 11.0. The lowest BCUT2D eigenvalue weighted by Gasteiger charge is -2.39. The normalized spacial score (nSPS) is 38.9. The van der Waals surface area contributed by atoms with Gasteiger partial charge in [0, 0.05) is 25.0 Å². The van der Waals surface area contributed by atoms with Crippen molar-refractivity contribution >= 4 is 0 Å². The summed E-state index contributed by atoms with van der Waals surface area (Å²) in [7, 11) is 0. The summed E-state index contributed by atoms with van der Waals surface area (Å²) in [4.78, 5) is 2.61. The van der Waals surface area contributed by atoms with Crippen molar-refractivity contribution in [3.05, 3.63) is 34.9 Å². The highest BCUT2D eigenvalue weighted by molar-refractivity contribution is 5.54. The van der Waals surface area contributed by atoms with E-state index in [1.807, 2.05) is 0 Å². The van der Waals surface area contributed by atoms with Gasteiger partial charge in [-0.25, -0.2) is 0 Å². The highest BCUT2D eigenvalue weighted by Crippen LogP contribution is 2.54. The van der Waals surface area contributed by atoms with Gasteiger partial charge < -0.3 is 14.2 Å². The molecule has 0 bridgehead atoms. The Morgan fingerprint density at radius 2 is 2.05 bits per heavy atom. The molecule has 4 atom stereocenters. The van der Waals surface area contributed by atoms with Crippen LogP contribution in [0.3, 0.4) is 0 Å². The predicted molar refractivity (Wildman–Crippen MR) is 70.9 cm³/mol. The van der Waals surface area contributed by atoms with E-state index in [2.05, 4.69) is 23.1 Å².